The SMILES string of the molecule is CNCc1csc(CCOc2ccc(Cl)c(C)c2)n1. The quantitative estimate of drug-likeness (QED) is 0.886. The Labute approximate surface area is 122 Å². The van der Waals surface area contributed by atoms with E-state index in [0.717, 1.165) is 40.0 Å². The molecule has 0 saturated heterocycles. The van der Waals surface area contributed by atoms with Crippen LogP contribution < -0.4 is 10.1 Å². The van der Waals surface area contributed by atoms with E-state index in [4.69, 9.17) is 16.3 Å². The zero-order valence-corrected chi connectivity index (χ0v) is 12.6. The van der Waals surface area contributed by atoms with Crippen LogP contribution in [0.2, 0.25) is 5.02 Å². The van der Waals surface area contributed by atoms with Crippen molar-refractivity contribution in [2.24, 2.45) is 0 Å². The number of aromatic nitrogens is 1. The lowest BCUT2D eigenvalue weighted by molar-refractivity contribution is 0.321. The number of benzene rings is 1. The van der Waals surface area contributed by atoms with Gasteiger partial charge in [-0.3, -0.25) is 0 Å². The first kappa shape index (κ1) is 14.3. The van der Waals surface area contributed by atoms with E-state index in [9.17, 15) is 0 Å². The summed E-state index contributed by atoms with van der Waals surface area (Å²) < 4.78 is 5.71. The topological polar surface area (TPSA) is 34.1 Å². The van der Waals surface area contributed by atoms with Crippen molar-refractivity contribution in [2.45, 2.75) is 19.9 Å². The van der Waals surface area contributed by atoms with E-state index in [1.807, 2.05) is 32.2 Å². The summed E-state index contributed by atoms with van der Waals surface area (Å²) in [4.78, 5) is 4.52. The molecule has 0 unspecified atom stereocenters. The highest BCUT2D eigenvalue weighted by Crippen LogP contribution is 2.21. The van der Waals surface area contributed by atoms with E-state index in [2.05, 4.69) is 15.7 Å². The lowest BCUT2D eigenvalue weighted by atomic mass is 10.2. The van der Waals surface area contributed by atoms with Crippen LogP contribution in [-0.4, -0.2) is 18.6 Å². The van der Waals surface area contributed by atoms with Crippen LogP contribution in [0.3, 0.4) is 0 Å². The van der Waals surface area contributed by atoms with Crippen molar-refractivity contribution in [1.29, 1.82) is 0 Å². The molecular weight excluding hydrogens is 280 g/mol. The molecule has 0 spiro atoms. The minimum absolute atomic E-state index is 0.633. The van der Waals surface area contributed by atoms with E-state index in [1.54, 1.807) is 11.3 Å². The molecule has 0 amide bonds. The number of rotatable bonds is 6. The van der Waals surface area contributed by atoms with Crippen LogP contribution in [0.25, 0.3) is 0 Å². The van der Waals surface area contributed by atoms with Gasteiger partial charge in [0, 0.05) is 23.4 Å². The summed E-state index contributed by atoms with van der Waals surface area (Å²) in [5.74, 6) is 0.855. The molecule has 0 aliphatic rings. The maximum Gasteiger partial charge on any atom is 0.119 e. The molecule has 5 heteroatoms. The molecule has 1 N–H and O–H groups in total. The fourth-order valence-electron chi connectivity index (χ4n) is 1.69. The van der Waals surface area contributed by atoms with Gasteiger partial charge in [-0.25, -0.2) is 4.98 Å². The number of nitrogens with one attached hydrogen (secondary N) is 1. The van der Waals surface area contributed by atoms with Crippen LogP contribution >= 0.6 is 22.9 Å². The molecule has 19 heavy (non-hydrogen) atoms. The maximum absolute atomic E-state index is 5.97. The number of aryl methyl sites for hydroxylation is 1. The summed E-state index contributed by atoms with van der Waals surface area (Å²) in [6, 6.07) is 5.71. The molecule has 0 saturated carbocycles. The van der Waals surface area contributed by atoms with Gasteiger partial charge in [-0.1, -0.05) is 11.6 Å². The summed E-state index contributed by atoms with van der Waals surface area (Å²) in [7, 11) is 1.92. The first-order chi connectivity index (χ1) is 9.19. The van der Waals surface area contributed by atoms with Crippen LogP contribution in [-0.2, 0) is 13.0 Å². The first-order valence-electron chi connectivity index (χ1n) is 6.16. The molecule has 2 rings (SSSR count). The number of nitrogens with zero attached hydrogens (tertiary/aromatic N) is 1. The van der Waals surface area contributed by atoms with Gasteiger partial charge in [0.25, 0.3) is 0 Å². The second kappa shape index (κ2) is 6.89. The normalized spacial score (nSPS) is 10.7. The van der Waals surface area contributed by atoms with Gasteiger partial charge in [0.05, 0.1) is 17.3 Å². The predicted octanol–water partition coefficient (Wildman–Crippen LogP) is 3.45. The van der Waals surface area contributed by atoms with Crippen LogP contribution in [0, 0.1) is 6.92 Å². The molecule has 1 aromatic carbocycles. The zero-order valence-electron chi connectivity index (χ0n) is 11.1. The fourth-order valence-corrected chi connectivity index (χ4v) is 2.59. The van der Waals surface area contributed by atoms with Crippen molar-refractivity contribution in [3.05, 3.63) is 44.9 Å². The molecule has 0 radical (unpaired) electrons. The summed E-state index contributed by atoms with van der Waals surface area (Å²) in [5.41, 5.74) is 2.12. The number of halogens is 1. The Morgan fingerprint density at radius 2 is 2.26 bits per heavy atom. The molecule has 0 bridgehead atoms. The summed E-state index contributed by atoms with van der Waals surface area (Å²) in [5, 5.41) is 7.05. The van der Waals surface area contributed by atoms with Gasteiger partial charge in [0.15, 0.2) is 0 Å². The monoisotopic (exact) mass is 296 g/mol. The number of hydrogen-bond donors (Lipinski definition) is 1. The molecule has 3 nitrogen and oxygen atoms in total. The van der Waals surface area contributed by atoms with Gasteiger partial charge in [0.1, 0.15) is 5.75 Å². The molecule has 0 aliphatic carbocycles. The van der Waals surface area contributed by atoms with Crippen LogP contribution in [0.15, 0.2) is 23.6 Å². The standard InChI is InChI=1S/C14H17ClN2OS/c1-10-7-12(3-4-13(10)15)18-6-5-14-17-11(8-16-2)9-19-14/h3-4,7,9,16H,5-6,8H2,1-2H3. The van der Waals surface area contributed by atoms with Crippen molar-refractivity contribution in [3.63, 3.8) is 0 Å². The number of thiazole rings is 1. The maximum atomic E-state index is 5.97. The lowest BCUT2D eigenvalue weighted by Crippen LogP contribution is -2.06. The van der Waals surface area contributed by atoms with Crippen molar-refractivity contribution in [2.75, 3.05) is 13.7 Å². The summed E-state index contributed by atoms with van der Waals surface area (Å²) in [6.45, 7) is 3.42. The zero-order chi connectivity index (χ0) is 13.7. The van der Waals surface area contributed by atoms with Crippen LogP contribution in [0.4, 0.5) is 0 Å². The lowest BCUT2D eigenvalue weighted by Gasteiger charge is -2.06. The summed E-state index contributed by atoms with van der Waals surface area (Å²) >= 11 is 7.65. The molecule has 1 heterocycles. The molecule has 2 aromatic rings. The Bertz CT molecular complexity index is 542. The second-order valence-electron chi connectivity index (χ2n) is 4.27. The van der Waals surface area contributed by atoms with E-state index >= 15 is 0 Å². The Balaban J connectivity index is 1.83. The molecule has 102 valence electrons. The third-order valence-electron chi connectivity index (χ3n) is 2.67. The Morgan fingerprint density at radius 1 is 1.42 bits per heavy atom. The molecule has 1 aromatic heterocycles. The average molecular weight is 297 g/mol. The number of ether oxygens (including phenoxy) is 1. The van der Waals surface area contributed by atoms with Crippen LogP contribution in [0.1, 0.15) is 16.3 Å². The fraction of sp³-hybridized carbons (Fsp3) is 0.357. The Hall–Kier alpha value is -1.10. The minimum Gasteiger partial charge on any atom is -0.493 e. The highest BCUT2D eigenvalue weighted by atomic mass is 35.5. The minimum atomic E-state index is 0.633. The molecule has 0 fully saturated rings. The highest BCUT2D eigenvalue weighted by molar-refractivity contribution is 7.09. The van der Waals surface area contributed by atoms with Crippen molar-refractivity contribution < 1.29 is 4.74 Å². The Morgan fingerprint density at radius 3 is 3.00 bits per heavy atom. The van der Waals surface area contributed by atoms with Gasteiger partial charge in [-0.05, 0) is 37.7 Å². The third kappa shape index (κ3) is 4.20. The van der Waals surface area contributed by atoms with E-state index in [-0.39, 0.29) is 0 Å². The number of hydrogen-bond acceptors (Lipinski definition) is 4. The van der Waals surface area contributed by atoms with E-state index in [1.165, 1.54) is 0 Å². The largest absolute Gasteiger partial charge is 0.493 e. The predicted molar refractivity (Wildman–Crippen MR) is 80.3 cm³/mol. The second-order valence-corrected chi connectivity index (χ2v) is 5.62. The van der Waals surface area contributed by atoms with E-state index < -0.39 is 0 Å². The average Bonchev–Trinajstić information content (AvgIpc) is 2.82. The van der Waals surface area contributed by atoms with Crippen molar-refractivity contribution >= 4 is 22.9 Å². The first-order valence-corrected chi connectivity index (χ1v) is 7.41. The smallest absolute Gasteiger partial charge is 0.119 e. The van der Waals surface area contributed by atoms with Crippen LogP contribution in [0.5, 0.6) is 5.75 Å². The highest BCUT2D eigenvalue weighted by Gasteiger charge is 2.03. The third-order valence-corrected chi connectivity index (χ3v) is 4.05. The summed E-state index contributed by atoms with van der Waals surface area (Å²) in [6.07, 6.45) is 0.829. The molecule has 0 atom stereocenters. The van der Waals surface area contributed by atoms with Crippen molar-refractivity contribution in [3.8, 4) is 5.75 Å². The van der Waals surface area contributed by atoms with Gasteiger partial charge >= 0.3 is 0 Å². The van der Waals surface area contributed by atoms with Gasteiger partial charge in [-0.2, -0.15) is 0 Å². The molecule has 0 aliphatic heterocycles. The van der Waals surface area contributed by atoms with Gasteiger partial charge in [-0.15, -0.1) is 11.3 Å². The van der Waals surface area contributed by atoms with Gasteiger partial charge in [0.2, 0.25) is 0 Å². The molecular formula is C14H17ClN2OS. The van der Waals surface area contributed by atoms with Crippen molar-refractivity contribution in [1.82, 2.24) is 10.3 Å². The Kier molecular flexibility index (Phi) is 5.19. The van der Waals surface area contributed by atoms with Gasteiger partial charge < -0.3 is 10.1 Å². The van der Waals surface area contributed by atoms with E-state index in [0.29, 0.717) is 6.61 Å².